The van der Waals surface area contributed by atoms with Crippen molar-refractivity contribution in [3.8, 4) is 0 Å². The van der Waals surface area contributed by atoms with E-state index in [4.69, 9.17) is 15.3 Å². The molecule has 1 heterocycles. The number of hydrazine groups is 1. The zero-order chi connectivity index (χ0) is 11.8. The molecule has 0 amide bonds. The summed E-state index contributed by atoms with van der Waals surface area (Å²) in [5.74, 6) is 5.55. The summed E-state index contributed by atoms with van der Waals surface area (Å²) >= 11 is 1.74. The summed E-state index contributed by atoms with van der Waals surface area (Å²) in [4.78, 5) is 1.31. The molecule has 0 spiro atoms. The zero-order valence-electron chi connectivity index (χ0n) is 9.86. The van der Waals surface area contributed by atoms with Gasteiger partial charge in [0.2, 0.25) is 0 Å². The predicted molar refractivity (Wildman–Crippen MR) is 66.4 cm³/mol. The van der Waals surface area contributed by atoms with Gasteiger partial charge in [-0.05, 0) is 30.4 Å². The second kappa shape index (κ2) is 7.76. The Morgan fingerprint density at radius 1 is 1.44 bits per heavy atom. The highest BCUT2D eigenvalue weighted by Gasteiger charge is 2.12. The minimum absolute atomic E-state index is 0.175. The van der Waals surface area contributed by atoms with Crippen LogP contribution in [0.2, 0.25) is 0 Å². The molecular weight excluding hydrogens is 224 g/mol. The van der Waals surface area contributed by atoms with E-state index in [0.717, 1.165) is 6.42 Å². The first-order valence-electron chi connectivity index (χ1n) is 5.36. The summed E-state index contributed by atoms with van der Waals surface area (Å²) in [7, 11) is 1.67. The molecule has 1 aromatic rings. The third-order valence-electron chi connectivity index (χ3n) is 2.46. The van der Waals surface area contributed by atoms with Gasteiger partial charge in [-0.15, -0.1) is 11.3 Å². The number of ether oxygens (including phenoxy) is 2. The van der Waals surface area contributed by atoms with Gasteiger partial charge in [-0.1, -0.05) is 0 Å². The predicted octanol–water partition coefficient (Wildman–Crippen LogP) is 1.61. The molecule has 1 atom stereocenters. The maximum atomic E-state index is 5.55. The summed E-state index contributed by atoms with van der Waals surface area (Å²) in [6.07, 6.45) is 0.873. The molecule has 1 rings (SSSR count). The summed E-state index contributed by atoms with van der Waals surface area (Å²) < 4.78 is 10.3. The van der Waals surface area contributed by atoms with Crippen LogP contribution in [0.1, 0.15) is 22.9 Å². The first-order valence-corrected chi connectivity index (χ1v) is 6.24. The van der Waals surface area contributed by atoms with Gasteiger partial charge in [0.05, 0.1) is 13.2 Å². The Morgan fingerprint density at radius 3 is 2.81 bits per heavy atom. The monoisotopic (exact) mass is 244 g/mol. The third kappa shape index (κ3) is 4.19. The zero-order valence-corrected chi connectivity index (χ0v) is 10.7. The van der Waals surface area contributed by atoms with Crippen LogP contribution in [0.15, 0.2) is 11.4 Å². The summed E-state index contributed by atoms with van der Waals surface area (Å²) in [5, 5.41) is 2.08. The molecule has 0 aliphatic heterocycles. The molecule has 16 heavy (non-hydrogen) atoms. The third-order valence-corrected chi connectivity index (χ3v) is 3.32. The van der Waals surface area contributed by atoms with Crippen LogP contribution in [0, 0.1) is 6.92 Å². The van der Waals surface area contributed by atoms with E-state index >= 15 is 0 Å². The van der Waals surface area contributed by atoms with Gasteiger partial charge in [-0.3, -0.25) is 11.3 Å². The molecule has 1 unspecified atom stereocenters. The molecule has 0 saturated carbocycles. The van der Waals surface area contributed by atoms with Crippen LogP contribution in [0.4, 0.5) is 0 Å². The van der Waals surface area contributed by atoms with Crippen LogP contribution in [-0.2, 0) is 9.47 Å². The van der Waals surface area contributed by atoms with Crippen LogP contribution in [0.25, 0.3) is 0 Å². The molecule has 5 heteroatoms. The minimum Gasteiger partial charge on any atom is -0.382 e. The van der Waals surface area contributed by atoms with E-state index in [2.05, 4.69) is 23.8 Å². The number of hydrogen-bond donors (Lipinski definition) is 2. The highest BCUT2D eigenvalue weighted by Crippen LogP contribution is 2.24. The van der Waals surface area contributed by atoms with Crippen molar-refractivity contribution in [1.29, 1.82) is 0 Å². The van der Waals surface area contributed by atoms with Gasteiger partial charge in [0.15, 0.2) is 0 Å². The summed E-state index contributed by atoms with van der Waals surface area (Å²) in [6, 6.07) is 2.29. The molecule has 92 valence electrons. The van der Waals surface area contributed by atoms with Gasteiger partial charge in [-0.2, -0.15) is 0 Å². The van der Waals surface area contributed by atoms with Crippen molar-refractivity contribution in [1.82, 2.24) is 5.43 Å². The lowest BCUT2D eigenvalue weighted by Gasteiger charge is -2.15. The molecule has 0 aliphatic carbocycles. The van der Waals surface area contributed by atoms with Gasteiger partial charge in [-0.25, -0.2) is 0 Å². The van der Waals surface area contributed by atoms with E-state index in [-0.39, 0.29) is 6.04 Å². The molecule has 0 aromatic carbocycles. The topological polar surface area (TPSA) is 56.5 Å². The first-order chi connectivity index (χ1) is 7.79. The minimum atomic E-state index is 0.175. The number of methoxy groups -OCH3 is 1. The van der Waals surface area contributed by atoms with E-state index in [1.54, 1.807) is 18.4 Å². The van der Waals surface area contributed by atoms with Crippen molar-refractivity contribution < 1.29 is 9.47 Å². The van der Waals surface area contributed by atoms with Crippen molar-refractivity contribution in [2.24, 2.45) is 5.84 Å². The van der Waals surface area contributed by atoms with E-state index in [1.807, 2.05) is 0 Å². The van der Waals surface area contributed by atoms with Crippen LogP contribution >= 0.6 is 11.3 Å². The normalized spacial score (nSPS) is 12.9. The maximum Gasteiger partial charge on any atom is 0.0700 e. The molecule has 4 nitrogen and oxygen atoms in total. The number of hydrogen-bond acceptors (Lipinski definition) is 5. The smallest absolute Gasteiger partial charge is 0.0700 e. The van der Waals surface area contributed by atoms with Gasteiger partial charge in [0.25, 0.3) is 0 Å². The van der Waals surface area contributed by atoms with E-state index in [0.29, 0.717) is 19.8 Å². The highest BCUT2D eigenvalue weighted by molar-refractivity contribution is 7.10. The van der Waals surface area contributed by atoms with E-state index < -0.39 is 0 Å². The fourth-order valence-corrected chi connectivity index (χ4v) is 2.30. The quantitative estimate of drug-likeness (QED) is 0.414. The first kappa shape index (κ1) is 13.6. The van der Waals surface area contributed by atoms with Crippen molar-refractivity contribution in [2.45, 2.75) is 19.4 Å². The SMILES string of the molecule is COCCOCCC(NN)c1ccsc1C. The maximum absolute atomic E-state index is 5.55. The van der Waals surface area contributed by atoms with Gasteiger partial charge >= 0.3 is 0 Å². The molecule has 0 aliphatic rings. The van der Waals surface area contributed by atoms with Gasteiger partial charge in [0.1, 0.15) is 0 Å². The van der Waals surface area contributed by atoms with E-state index in [9.17, 15) is 0 Å². The van der Waals surface area contributed by atoms with Crippen molar-refractivity contribution in [3.05, 3.63) is 21.9 Å². The second-order valence-corrected chi connectivity index (χ2v) is 4.67. The number of aryl methyl sites for hydroxylation is 1. The largest absolute Gasteiger partial charge is 0.382 e. The molecule has 0 saturated heterocycles. The lowest BCUT2D eigenvalue weighted by Crippen LogP contribution is -2.29. The highest BCUT2D eigenvalue weighted by atomic mass is 32.1. The molecule has 1 aromatic heterocycles. The number of rotatable bonds is 8. The molecule has 3 N–H and O–H groups in total. The number of thiophene rings is 1. The molecule has 0 fully saturated rings. The van der Waals surface area contributed by atoms with Crippen LogP contribution < -0.4 is 11.3 Å². The Bertz CT molecular complexity index is 291. The Kier molecular flexibility index (Phi) is 6.59. The Labute approximate surface area is 101 Å². The lowest BCUT2D eigenvalue weighted by molar-refractivity contribution is 0.0657. The molecular formula is C11H20N2O2S. The van der Waals surface area contributed by atoms with Crippen molar-refractivity contribution in [2.75, 3.05) is 26.9 Å². The molecule has 0 bridgehead atoms. The van der Waals surface area contributed by atoms with E-state index in [1.165, 1.54) is 10.4 Å². The second-order valence-electron chi connectivity index (χ2n) is 3.55. The van der Waals surface area contributed by atoms with Gasteiger partial charge in [0, 0.05) is 24.6 Å². The van der Waals surface area contributed by atoms with Crippen molar-refractivity contribution in [3.63, 3.8) is 0 Å². The Balaban J connectivity index is 2.30. The van der Waals surface area contributed by atoms with Gasteiger partial charge < -0.3 is 9.47 Å². The Hall–Kier alpha value is -0.460. The Morgan fingerprint density at radius 2 is 2.25 bits per heavy atom. The van der Waals surface area contributed by atoms with Crippen LogP contribution in [0.3, 0.4) is 0 Å². The average Bonchev–Trinajstić information content (AvgIpc) is 2.70. The van der Waals surface area contributed by atoms with Crippen LogP contribution in [0.5, 0.6) is 0 Å². The lowest BCUT2D eigenvalue weighted by atomic mass is 10.1. The summed E-state index contributed by atoms with van der Waals surface area (Å²) in [6.45, 7) is 4.07. The number of nitrogens with two attached hydrogens (primary N) is 1. The number of nitrogens with one attached hydrogen (secondary N) is 1. The van der Waals surface area contributed by atoms with Crippen LogP contribution in [-0.4, -0.2) is 26.9 Å². The summed E-state index contributed by atoms with van der Waals surface area (Å²) in [5.41, 5.74) is 4.10. The average molecular weight is 244 g/mol. The van der Waals surface area contributed by atoms with Crippen molar-refractivity contribution >= 4 is 11.3 Å². The fourth-order valence-electron chi connectivity index (χ4n) is 1.53. The fraction of sp³-hybridized carbons (Fsp3) is 0.636. The molecule has 0 radical (unpaired) electrons. The standard InChI is InChI=1S/C11H20N2O2S/c1-9-10(4-8-16-9)11(13-12)3-5-15-7-6-14-2/h4,8,11,13H,3,5-7,12H2,1-2H3.